The predicted octanol–water partition coefficient (Wildman–Crippen LogP) is 3.48. The average Bonchev–Trinajstić information content (AvgIpc) is 2.71. The molecule has 3 nitrogen and oxygen atoms in total. The van der Waals surface area contributed by atoms with Gasteiger partial charge < -0.3 is 10.6 Å². The predicted molar refractivity (Wildman–Crippen MR) is 93.8 cm³/mol. The third-order valence-corrected chi connectivity index (χ3v) is 5.16. The Morgan fingerprint density at radius 2 is 1.62 bits per heavy atom. The van der Waals surface area contributed by atoms with E-state index in [4.69, 9.17) is 5.73 Å². The molecule has 21 heavy (non-hydrogen) atoms. The van der Waals surface area contributed by atoms with Crippen molar-refractivity contribution >= 4 is 0 Å². The Hall–Kier alpha value is -0.120. The van der Waals surface area contributed by atoms with E-state index in [-0.39, 0.29) is 5.54 Å². The number of unbranched alkanes of at least 4 members (excludes halogenated alkanes) is 2. The van der Waals surface area contributed by atoms with Gasteiger partial charge in [0.2, 0.25) is 0 Å². The molecule has 0 saturated carbocycles. The highest BCUT2D eigenvalue weighted by atomic mass is 15.2. The first-order chi connectivity index (χ1) is 10.2. The molecule has 0 aromatic heterocycles. The van der Waals surface area contributed by atoms with Crippen molar-refractivity contribution in [2.45, 2.75) is 77.7 Å². The van der Waals surface area contributed by atoms with Gasteiger partial charge in [-0.15, -0.1) is 0 Å². The van der Waals surface area contributed by atoms with Gasteiger partial charge in [-0.2, -0.15) is 0 Å². The molecule has 0 aliphatic carbocycles. The molecule has 1 heterocycles. The monoisotopic (exact) mass is 297 g/mol. The van der Waals surface area contributed by atoms with Crippen molar-refractivity contribution in [3.8, 4) is 0 Å². The van der Waals surface area contributed by atoms with E-state index in [1.807, 2.05) is 0 Å². The molecular formula is C18H39N3. The zero-order valence-electron chi connectivity index (χ0n) is 14.9. The molecule has 1 atom stereocenters. The van der Waals surface area contributed by atoms with Crippen molar-refractivity contribution in [1.82, 2.24) is 9.80 Å². The molecule has 1 saturated heterocycles. The SMILES string of the molecule is CCCCN(CCCC)C1(CN)CCCN(CCC)CC1. The normalized spacial score (nSPS) is 24.4. The molecule has 1 fully saturated rings. The van der Waals surface area contributed by atoms with Gasteiger partial charge in [-0.1, -0.05) is 33.6 Å². The fourth-order valence-electron chi connectivity index (χ4n) is 3.71. The summed E-state index contributed by atoms with van der Waals surface area (Å²) in [4.78, 5) is 5.41. The van der Waals surface area contributed by atoms with E-state index < -0.39 is 0 Å². The van der Waals surface area contributed by atoms with Crippen LogP contribution in [0.1, 0.15) is 72.1 Å². The number of rotatable bonds is 10. The summed E-state index contributed by atoms with van der Waals surface area (Å²) in [5.74, 6) is 0. The van der Waals surface area contributed by atoms with Gasteiger partial charge in [0.05, 0.1) is 0 Å². The lowest BCUT2D eigenvalue weighted by molar-refractivity contribution is 0.0744. The van der Waals surface area contributed by atoms with Gasteiger partial charge in [-0.05, 0) is 71.2 Å². The maximum absolute atomic E-state index is 6.31. The topological polar surface area (TPSA) is 32.5 Å². The lowest BCUT2D eigenvalue weighted by Crippen LogP contribution is -2.55. The van der Waals surface area contributed by atoms with Crippen LogP contribution in [0.5, 0.6) is 0 Å². The first kappa shape index (κ1) is 18.9. The number of nitrogens with two attached hydrogens (primary N) is 1. The standard InChI is InChI=1S/C18H39N3/c1-4-7-14-21(15-8-5-2)18(17-19)10-9-13-20(12-6-3)16-11-18/h4-17,19H2,1-3H3. The Morgan fingerprint density at radius 3 is 2.14 bits per heavy atom. The van der Waals surface area contributed by atoms with Gasteiger partial charge in [0.25, 0.3) is 0 Å². The van der Waals surface area contributed by atoms with Crippen LogP contribution in [-0.4, -0.2) is 54.6 Å². The van der Waals surface area contributed by atoms with Crippen LogP contribution in [0, 0.1) is 0 Å². The summed E-state index contributed by atoms with van der Waals surface area (Å²) < 4.78 is 0. The van der Waals surface area contributed by atoms with Crippen molar-refractivity contribution in [2.24, 2.45) is 5.73 Å². The second-order valence-electron chi connectivity index (χ2n) is 6.82. The minimum Gasteiger partial charge on any atom is -0.329 e. The van der Waals surface area contributed by atoms with Gasteiger partial charge in [0.15, 0.2) is 0 Å². The summed E-state index contributed by atoms with van der Waals surface area (Å²) in [7, 11) is 0. The van der Waals surface area contributed by atoms with Crippen LogP contribution in [0.2, 0.25) is 0 Å². The first-order valence-corrected chi connectivity index (χ1v) is 9.39. The van der Waals surface area contributed by atoms with E-state index in [0.29, 0.717) is 0 Å². The summed E-state index contributed by atoms with van der Waals surface area (Å²) in [6, 6.07) is 0. The van der Waals surface area contributed by atoms with Crippen molar-refractivity contribution in [3.05, 3.63) is 0 Å². The van der Waals surface area contributed by atoms with Crippen LogP contribution in [0.25, 0.3) is 0 Å². The van der Waals surface area contributed by atoms with Crippen LogP contribution in [0.4, 0.5) is 0 Å². The van der Waals surface area contributed by atoms with E-state index in [2.05, 4.69) is 30.6 Å². The van der Waals surface area contributed by atoms with Gasteiger partial charge >= 0.3 is 0 Å². The zero-order chi connectivity index (χ0) is 15.6. The third kappa shape index (κ3) is 5.88. The second kappa shape index (κ2) is 10.6. The lowest BCUT2D eigenvalue weighted by Gasteiger charge is -2.43. The largest absolute Gasteiger partial charge is 0.329 e. The van der Waals surface area contributed by atoms with E-state index in [1.165, 1.54) is 84.1 Å². The van der Waals surface area contributed by atoms with Crippen LogP contribution >= 0.6 is 0 Å². The second-order valence-corrected chi connectivity index (χ2v) is 6.82. The van der Waals surface area contributed by atoms with Crippen LogP contribution in [0.3, 0.4) is 0 Å². The number of likely N-dealkylation sites (tertiary alicyclic amines) is 1. The summed E-state index contributed by atoms with van der Waals surface area (Å²) in [5.41, 5.74) is 6.58. The molecule has 126 valence electrons. The van der Waals surface area contributed by atoms with Crippen molar-refractivity contribution in [1.29, 1.82) is 0 Å². The minimum atomic E-state index is 0.271. The minimum absolute atomic E-state index is 0.271. The molecule has 0 aromatic carbocycles. The fraction of sp³-hybridized carbons (Fsp3) is 1.00. The molecule has 3 heteroatoms. The summed E-state index contributed by atoms with van der Waals surface area (Å²) in [5, 5.41) is 0. The van der Waals surface area contributed by atoms with E-state index in [9.17, 15) is 0 Å². The molecule has 0 spiro atoms. The molecule has 1 aliphatic rings. The highest BCUT2D eigenvalue weighted by molar-refractivity contribution is 4.94. The molecule has 0 amide bonds. The smallest absolute Gasteiger partial charge is 0.0344 e. The molecule has 1 rings (SSSR count). The first-order valence-electron chi connectivity index (χ1n) is 9.39. The van der Waals surface area contributed by atoms with Crippen molar-refractivity contribution < 1.29 is 0 Å². The summed E-state index contributed by atoms with van der Waals surface area (Å²) in [6.45, 7) is 13.9. The van der Waals surface area contributed by atoms with Crippen LogP contribution in [0.15, 0.2) is 0 Å². The molecule has 1 unspecified atom stereocenters. The van der Waals surface area contributed by atoms with E-state index in [0.717, 1.165) is 6.54 Å². The fourth-order valence-corrected chi connectivity index (χ4v) is 3.71. The van der Waals surface area contributed by atoms with Crippen LogP contribution < -0.4 is 5.73 Å². The molecule has 2 N–H and O–H groups in total. The highest BCUT2D eigenvalue weighted by Gasteiger charge is 2.36. The third-order valence-electron chi connectivity index (χ3n) is 5.16. The van der Waals surface area contributed by atoms with Gasteiger partial charge in [0, 0.05) is 12.1 Å². The quantitative estimate of drug-likeness (QED) is 0.670. The number of hydrogen-bond donors (Lipinski definition) is 1. The van der Waals surface area contributed by atoms with Crippen molar-refractivity contribution in [3.63, 3.8) is 0 Å². The van der Waals surface area contributed by atoms with Crippen LogP contribution in [-0.2, 0) is 0 Å². The Kier molecular flexibility index (Phi) is 9.54. The molecular weight excluding hydrogens is 258 g/mol. The molecule has 0 radical (unpaired) electrons. The van der Waals surface area contributed by atoms with Gasteiger partial charge in [0.1, 0.15) is 0 Å². The number of nitrogens with zero attached hydrogens (tertiary/aromatic N) is 2. The Morgan fingerprint density at radius 1 is 0.952 bits per heavy atom. The zero-order valence-corrected chi connectivity index (χ0v) is 14.9. The summed E-state index contributed by atoms with van der Waals surface area (Å²) >= 11 is 0. The maximum atomic E-state index is 6.31. The van der Waals surface area contributed by atoms with Crippen molar-refractivity contribution in [2.75, 3.05) is 39.3 Å². The van der Waals surface area contributed by atoms with E-state index >= 15 is 0 Å². The maximum Gasteiger partial charge on any atom is 0.0344 e. The average molecular weight is 298 g/mol. The van der Waals surface area contributed by atoms with E-state index in [1.54, 1.807) is 0 Å². The summed E-state index contributed by atoms with van der Waals surface area (Å²) in [6.07, 6.45) is 10.3. The lowest BCUT2D eigenvalue weighted by atomic mass is 9.87. The molecule has 0 aromatic rings. The Bertz CT molecular complexity index is 249. The molecule has 1 aliphatic heterocycles. The number of hydrogen-bond acceptors (Lipinski definition) is 3. The Balaban J connectivity index is 2.72. The van der Waals surface area contributed by atoms with Gasteiger partial charge in [-0.3, -0.25) is 4.90 Å². The highest BCUT2D eigenvalue weighted by Crippen LogP contribution is 2.29. The Labute approximate surface area is 133 Å². The molecule has 0 bridgehead atoms. The van der Waals surface area contributed by atoms with Gasteiger partial charge in [-0.25, -0.2) is 0 Å².